The smallest absolute Gasteiger partial charge is 0.274 e. The van der Waals surface area contributed by atoms with Crippen LogP contribution < -0.4 is 0 Å². The van der Waals surface area contributed by atoms with Gasteiger partial charge in [0.05, 0.1) is 6.10 Å². The monoisotopic (exact) mass is 291 g/mol. The summed E-state index contributed by atoms with van der Waals surface area (Å²) in [6, 6.07) is 1.92. The first-order valence-corrected chi connectivity index (χ1v) is 8.18. The van der Waals surface area contributed by atoms with Crippen LogP contribution in [-0.2, 0) is 0 Å². The third-order valence-electron chi connectivity index (χ3n) is 5.07. The predicted octanol–water partition coefficient (Wildman–Crippen LogP) is 2.30. The number of rotatable bonds is 2. The fraction of sp³-hybridized carbons (Fsp3) is 0.750. The second kappa shape index (κ2) is 6.18. The molecule has 21 heavy (non-hydrogen) atoms. The number of aromatic nitrogens is 2. The van der Waals surface area contributed by atoms with Gasteiger partial charge in [0.2, 0.25) is 0 Å². The molecule has 0 spiro atoms. The molecule has 1 aliphatic heterocycles. The molecule has 1 saturated heterocycles. The molecule has 2 heterocycles. The van der Waals surface area contributed by atoms with Gasteiger partial charge in [-0.25, -0.2) is 0 Å². The number of nitrogens with one attached hydrogen (secondary N) is 1. The second-order valence-electron chi connectivity index (χ2n) is 6.63. The predicted molar refractivity (Wildman–Crippen MR) is 80.1 cm³/mol. The number of piperidine rings is 1. The van der Waals surface area contributed by atoms with Crippen LogP contribution in [0.15, 0.2) is 6.07 Å². The average molecular weight is 291 g/mol. The SMILES string of the molecule is CC1CCN(C(=O)c2cc(C3CCCCC3)[nH]n2)CC1O. The molecular formula is C16H25N3O2. The van der Waals surface area contributed by atoms with Crippen molar-refractivity contribution in [2.24, 2.45) is 5.92 Å². The standard InChI is InChI=1S/C16H25N3O2/c1-11-7-8-19(10-15(11)20)16(21)14-9-13(17-18-14)12-5-3-2-4-6-12/h9,11-12,15,20H,2-8,10H2,1H3,(H,17,18). The molecule has 3 rings (SSSR count). The summed E-state index contributed by atoms with van der Waals surface area (Å²) in [6.07, 6.45) is 6.67. The Labute approximate surface area is 125 Å². The molecule has 1 aromatic rings. The summed E-state index contributed by atoms with van der Waals surface area (Å²) in [5.41, 5.74) is 1.60. The molecule has 2 atom stereocenters. The van der Waals surface area contributed by atoms with Gasteiger partial charge < -0.3 is 10.0 Å². The highest BCUT2D eigenvalue weighted by atomic mass is 16.3. The number of aliphatic hydroxyl groups excluding tert-OH is 1. The lowest BCUT2D eigenvalue weighted by atomic mass is 9.87. The Morgan fingerprint density at radius 3 is 2.81 bits per heavy atom. The van der Waals surface area contributed by atoms with Gasteiger partial charge in [0.15, 0.2) is 0 Å². The lowest BCUT2D eigenvalue weighted by molar-refractivity contribution is 0.0245. The van der Waals surface area contributed by atoms with Crippen LogP contribution in [0.5, 0.6) is 0 Å². The second-order valence-corrected chi connectivity index (χ2v) is 6.63. The highest BCUT2D eigenvalue weighted by molar-refractivity contribution is 5.92. The fourth-order valence-corrected chi connectivity index (χ4v) is 3.46. The number of amides is 1. The molecule has 2 unspecified atom stereocenters. The minimum Gasteiger partial charge on any atom is -0.391 e. The van der Waals surface area contributed by atoms with Crippen molar-refractivity contribution in [2.75, 3.05) is 13.1 Å². The van der Waals surface area contributed by atoms with E-state index < -0.39 is 6.10 Å². The van der Waals surface area contributed by atoms with E-state index >= 15 is 0 Å². The first-order valence-electron chi connectivity index (χ1n) is 8.18. The van der Waals surface area contributed by atoms with Crippen molar-refractivity contribution in [3.63, 3.8) is 0 Å². The lowest BCUT2D eigenvalue weighted by Crippen LogP contribution is -2.45. The van der Waals surface area contributed by atoms with Crippen molar-refractivity contribution in [2.45, 2.75) is 57.5 Å². The molecule has 2 aliphatic rings. The summed E-state index contributed by atoms with van der Waals surface area (Å²) < 4.78 is 0. The maximum atomic E-state index is 12.5. The van der Waals surface area contributed by atoms with Crippen LogP contribution >= 0.6 is 0 Å². The minimum absolute atomic E-state index is 0.0562. The molecule has 2 fully saturated rings. The molecular weight excluding hydrogens is 266 g/mol. The van der Waals surface area contributed by atoms with Gasteiger partial charge in [-0.2, -0.15) is 5.10 Å². The third kappa shape index (κ3) is 3.12. The van der Waals surface area contributed by atoms with Crippen LogP contribution in [0, 0.1) is 5.92 Å². The summed E-state index contributed by atoms with van der Waals surface area (Å²) in [7, 11) is 0. The number of aliphatic hydroxyl groups is 1. The zero-order valence-corrected chi connectivity index (χ0v) is 12.7. The van der Waals surface area contributed by atoms with Crippen LogP contribution in [-0.4, -0.2) is 45.3 Å². The van der Waals surface area contributed by atoms with Gasteiger partial charge in [-0.05, 0) is 31.2 Å². The summed E-state index contributed by atoms with van der Waals surface area (Å²) in [5, 5.41) is 17.2. The van der Waals surface area contributed by atoms with E-state index in [9.17, 15) is 9.90 Å². The van der Waals surface area contributed by atoms with Gasteiger partial charge in [-0.1, -0.05) is 26.2 Å². The molecule has 1 saturated carbocycles. The Kier molecular flexibility index (Phi) is 4.29. The van der Waals surface area contributed by atoms with E-state index in [1.165, 1.54) is 32.1 Å². The zero-order valence-electron chi connectivity index (χ0n) is 12.7. The Balaban J connectivity index is 1.66. The Morgan fingerprint density at radius 1 is 1.33 bits per heavy atom. The van der Waals surface area contributed by atoms with E-state index in [4.69, 9.17) is 0 Å². The van der Waals surface area contributed by atoms with Crippen LogP contribution in [0.1, 0.15) is 67.5 Å². The molecule has 1 aromatic heterocycles. The Morgan fingerprint density at radius 2 is 2.10 bits per heavy atom. The summed E-state index contributed by atoms with van der Waals surface area (Å²) in [6.45, 7) is 3.16. The van der Waals surface area contributed by atoms with Crippen LogP contribution in [0.4, 0.5) is 0 Å². The Hall–Kier alpha value is -1.36. The number of β-amino-alcohol motifs (C(OH)–C–C–N with tert-alkyl or cyclic N) is 1. The number of carbonyl (C=O) groups excluding carboxylic acids is 1. The van der Waals surface area contributed by atoms with Gasteiger partial charge >= 0.3 is 0 Å². The van der Waals surface area contributed by atoms with Crippen LogP contribution in [0.2, 0.25) is 0 Å². The number of aromatic amines is 1. The normalized spacial score (nSPS) is 27.8. The summed E-state index contributed by atoms with van der Waals surface area (Å²) >= 11 is 0. The maximum Gasteiger partial charge on any atom is 0.274 e. The van der Waals surface area contributed by atoms with E-state index in [0.717, 1.165) is 12.1 Å². The number of likely N-dealkylation sites (tertiary alicyclic amines) is 1. The Bertz CT molecular complexity index is 493. The number of hydrogen-bond donors (Lipinski definition) is 2. The molecule has 1 aliphatic carbocycles. The van der Waals surface area contributed by atoms with E-state index in [1.54, 1.807) is 4.90 Å². The molecule has 5 heteroatoms. The number of hydrogen-bond acceptors (Lipinski definition) is 3. The van der Waals surface area contributed by atoms with Gasteiger partial charge in [0.25, 0.3) is 5.91 Å². The molecule has 1 amide bonds. The highest BCUT2D eigenvalue weighted by Gasteiger charge is 2.29. The van der Waals surface area contributed by atoms with E-state index in [2.05, 4.69) is 10.2 Å². The van der Waals surface area contributed by atoms with Crippen molar-refractivity contribution in [1.29, 1.82) is 0 Å². The van der Waals surface area contributed by atoms with E-state index in [0.29, 0.717) is 24.7 Å². The lowest BCUT2D eigenvalue weighted by Gasteiger charge is -2.33. The molecule has 0 aromatic carbocycles. The quantitative estimate of drug-likeness (QED) is 0.878. The van der Waals surface area contributed by atoms with Crippen molar-refractivity contribution < 1.29 is 9.90 Å². The van der Waals surface area contributed by atoms with Gasteiger partial charge in [0, 0.05) is 24.7 Å². The number of nitrogens with zero attached hydrogens (tertiary/aromatic N) is 2. The van der Waals surface area contributed by atoms with E-state index in [1.807, 2.05) is 13.0 Å². The molecule has 5 nitrogen and oxygen atoms in total. The van der Waals surface area contributed by atoms with Crippen molar-refractivity contribution in [3.8, 4) is 0 Å². The van der Waals surface area contributed by atoms with Crippen LogP contribution in [0.3, 0.4) is 0 Å². The number of carbonyl (C=O) groups is 1. The fourth-order valence-electron chi connectivity index (χ4n) is 3.46. The highest BCUT2D eigenvalue weighted by Crippen LogP contribution is 2.31. The summed E-state index contributed by atoms with van der Waals surface area (Å²) in [5.74, 6) is 0.741. The first kappa shape index (κ1) is 14.6. The largest absolute Gasteiger partial charge is 0.391 e. The van der Waals surface area contributed by atoms with Crippen molar-refractivity contribution in [3.05, 3.63) is 17.5 Å². The van der Waals surface area contributed by atoms with E-state index in [-0.39, 0.29) is 11.8 Å². The maximum absolute atomic E-state index is 12.5. The van der Waals surface area contributed by atoms with Gasteiger partial charge in [-0.3, -0.25) is 9.89 Å². The third-order valence-corrected chi connectivity index (χ3v) is 5.07. The van der Waals surface area contributed by atoms with Gasteiger partial charge in [-0.15, -0.1) is 0 Å². The minimum atomic E-state index is -0.417. The zero-order chi connectivity index (χ0) is 14.8. The topological polar surface area (TPSA) is 69.2 Å². The van der Waals surface area contributed by atoms with Gasteiger partial charge in [0.1, 0.15) is 5.69 Å². The van der Waals surface area contributed by atoms with Crippen molar-refractivity contribution in [1.82, 2.24) is 15.1 Å². The first-order chi connectivity index (χ1) is 10.1. The molecule has 0 radical (unpaired) electrons. The molecule has 0 bridgehead atoms. The van der Waals surface area contributed by atoms with Crippen LogP contribution in [0.25, 0.3) is 0 Å². The average Bonchev–Trinajstić information content (AvgIpc) is 3.00. The molecule has 2 N–H and O–H groups in total. The molecule has 116 valence electrons. The van der Waals surface area contributed by atoms with Crippen molar-refractivity contribution >= 4 is 5.91 Å². The summed E-state index contributed by atoms with van der Waals surface area (Å²) in [4.78, 5) is 14.2. The number of H-pyrrole nitrogens is 1.